The fourth-order valence-corrected chi connectivity index (χ4v) is 2.15. The van der Waals surface area contributed by atoms with Crippen LogP contribution in [0.3, 0.4) is 0 Å². The third-order valence-electron chi connectivity index (χ3n) is 3.50. The smallest absolute Gasteiger partial charge is 0.308 e. The first-order chi connectivity index (χ1) is 9.99. The molecule has 1 aromatic carbocycles. The Labute approximate surface area is 122 Å². The van der Waals surface area contributed by atoms with Crippen LogP contribution in [0.4, 0.5) is 5.69 Å². The Hall–Kier alpha value is -2.37. The van der Waals surface area contributed by atoms with Crippen molar-refractivity contribution in [2.24, 2.45) is 5.92 Å². The maximum Gasteiger partial charge on any atom is 0.308 e. The first-order valence-electron chi connectivity index (χ1n) is 6.90. The molecular weight excluding hydrogens is 272 g/mol. The first kappa shape index (κ1) is 15.0. The van der Waals surface area contributed by atoms with Gasteiger partial charge in [0.05, 0.1) is 5.92 Å². The molecule has 21 heavy (non-hydrogen) atoms. The number of carboxylic acid groups (broad SMARTS) is 1. The van der Waals surface area contributed by atoms with Crippen molar-refractivity contribution in [3.05, 3.63) is 29.8 Å². The van der Waals surface area contributed by atoms with Gasteiger partial charge in [-0.05, 0) is 30.7 Å². The van der Waals surface area contributed by atoms with Gasteiger partial charge in [0.25, 0.3) is 5.91 Å². The summed E-state index contributed by atoms with van der Waals surface area (Å²) in [7, 11) is 0. The lowest BCUT2D eigenvalue weighted by atomic mass is 10.1. The molecule has 6 heteroatoms. The van der Waals surface area contributed by atoms with E-state index in [1.54, 1.807) is 29.2 Å². The molecule has 2 N–H and O–H groups in total. The second-order valence-electron chi connectivity index (χ2n) is 5.15. The van der Waals surface area contributed by atoms with Gasteiger partial charge in [0.2, 0.25) is 5.91 Å². The molecule has 0 bridgehead atoms. The van der Waals surface area contributed by atoms with Crippen LogP contribution in [0.1, 0.15) is 30.1 Å². The molecule has 1 aliphatic rings. The Morgan fingerprint density at radius 2 is 2.00 bits per heavy atom. The number of hydrogen-bond acceptors (Lipinski definition) is 3. The number of amides is 2. The van der Waals surface area contributed by atoms with Crippen molar-refractivity contribution in [2.75, 3.05) is 18.0 Å². The number of nitrogens with zero attached hydrogens (tertiary/aromatic N) is 1. The molecule has 0 radical (unpaired) electrons. The predicted molar refractivity (Wildman–Crippen MR) is 77.2 cm³/mol. The molecule has 1 fully saturated rings. The summed E-state index contributed by atoms with van der Waals surface area (Å²) < 4.78 is 0. The van der Waals surface area contributed by atoms with E-state index in [-0.39, 0.29) is 18.4 Å². The van der Waals surface area contributed by atoms with Crippen LogP contribution in [0.25, 0.3) is 0 Å². The first-order valence-corrected chi connectivity index (χ1v) is 6.90. The van der Waals surface area contributed by atoms with E-state index in [1.807, 2.05) is 0 Å². The van der Waals surface area contributed by atoms with E-state index in [0.29, 0.717) is 18.5 Å². The van der Waals surface area contributed by atoms with E-state index < -0.39 is 11.9 Å². The van der Waals surface area contributed by atoms with E-state index >= 15 is 0 Å². The number of nitrogens with one attached hydrogen (secondary N) is 1. The van der Waals surface area contributed by atoms with Gasteiger partial charge >= 0.3 is 5.97 Å². The molecule has 2 amide bonds. The summed E-state index contributed by atoms with van der Waals surface area (Å²) >= 11 is 0. The lowest BCUT2D eigenvalue weighted by Crippen LogP contribution is -2.31. The Morgan fingerprint density at radius 1 is 1.33 bits per heavy atom. The van der Waals surface area contributed by atoms with Gasteiger partial charge in [0.15, 0.2) is 0 Å². The van der Waals surface area contributed by atoms with Crippen molar-refractivity contribution >= 4 is 23.5 Å². The zero-order chi connectivity index (χ0) is 15.4. The van der Waals surface area contributed by atoms with Crippen LogP contribution in [0.15, 0.2) is 24.3 Å². The zero-order valence-corrected chi connectivity index (χ0v) is 11.8. The van der Waals surface area contributed by atoms with Gasteiger partial charge in [0.1, 0.15) is 0 Å². The lowest BCUT2D eigenvalue weighted by Gasteiger charge is -2.16. The van der Waals surface area contributed by atoms with Crippen LogP contribution in [0.5, 0.6) is 0 Å². The Kier molecular flexibility index (Phi) is 4.57. The minimum atomic E-state index is -0.946. The van der Waals surface area contributed by atoms with Gasteiger partial charge in [-0.25, -0.2) is 0 Å². The van der Waals surface area contributed by atoms with Gasteiger partial charge in [0, 0.05) is 30.8 Å². The molecule has 6 nitrogen and oxygen atoms in total. The van der Waals surface area contributed by atoms with Crippen LogP contribution in [-0.4, -0.2) is 36.0 Å². The van der Waals surface area contributed by atoms with Gasteiger partial charge < -0.3 is 15.3 Å². The topological polar surface area (TPSA) is 86.7 Å². The average molecular weight is 290 g/mol. The largest absolute Gasteiger partial charge is 0.481 e. The molecule has 0 aliphatic carbocycles. The summed E-state index contributed by atoms with van der Waals surface area (Å²) in [5, 5.41) is 11.3. The van der Waals surface area contributed by atoms with Crippen molar-refractivity contribution < 1.29 is 19.5 Å². The van der Waals surface area contributed by atoms with Gasteiger partial charge in [-0.1, -0.05) is 6.92 Å². The Morgan fingerprint density at radius 3 is 2.52 bits per heavy atom. The number of carbonyl (C=O) groups is 3. The van der Waals surface area contributed by atoms with Gasteiger partial charge in [-0.2, -0.15) is 0 Å². The number of carboxylic acids is 1. The molecule has 1 aromatic rings. The number of aliphatic carboxylic acids is 1. The standard InChI is InChI=1S/C15H18N2O4/c1-10(15(20)21)9-16-14(19)11-4-6-12(7-5-11)17-8-2-3-13(17)18/h4-7,10H,2-3,8-9H2,1H3,(H,16,19)(H,20,21). The molecule has 1 heterocycles. The molecule has 0 aromatic heterocycles. The Balaban J connectivity index is 1.97. The van der Waals surface area contributed by atoms with E-state index in [1.165, 1.54) is 6.92 Å². The second-order valence-corrected chi connectivity index (χ2v) is 5.15. The van der Waals surface area contributed by atoms with Crippen LogP contribution in [0, 0.1) is 5.92 Å². The monoisotopic (exact) mass is 290 g/mol. The molecule has 2 rings (SSSR count). The predicted octanol–water partition coefficient (Wildman–Crippen LogP) is 1.26. The molecule has 1 aliphatic heterocycles. The van der Waals surface area contributed by atoms with E-state index in [2.05, 4.69) is 5.32 Å². The quantitative estimate of drug-likeness (QED) is 0.855. The Bertz CT molecular complexity index is 553. The summed E-state index contributed by atoms with van der Waals surface area (Å²) in [4.78, 5) is 35.9. The summed E-state index contributed by atoms with van der Waals surface area (Å²) in [6, 6.07) is 6.75. The van der Waals surface area contributed by atoms with Crippen molar-refractivity contribution in [1.82, 2.24) is 5.32 Å². The highest BCUT2D eigenvalue weighted by Crippen LogP contribution is 2.21. The number of hydrogen-bond donors (Lipinski definition) is 2. The summed E-state index contributed by atoms with van der Waals surface area (Å²) in [5.41, 5.74) is 1.23. The van der Waals surface area contributed by atoms with Crippen LogP contribution in [-0.2, 0) is 9.59 Å². The highest BCUT2D eigenvalue weighted by atomic mass is 16.4. The summed E-state index contributed by atoms with van der Waals surface area (Å²) in [6.07, 6.45) is 1.42. The highest BCUT2D eigenvalue weighted by Gasteiger charge is 2.21. The molecule has 1 atom stereocenters. The fraction of sp³-hybridized carbons (Fsp3) is 0.400. The second kappa shape index (κ2) is 6.39. The van der Waals surface area contributed by atoms with Crippen LogP contribution >= 0.6 is 0 Å². The van der Waals surface area contributed by atoms with Crippen molar-refractivity contribution in [3.63, 3.8) is 0 Å². The van der Waals surface area contributed by atoms with Crippen molar-refractivity contribution in [2.45, 2.75) is 19.8 Å². The molecule has 1 saturated heterocycles. The highest BCUT2D eigenvalue weighted by molar-refractivity contribution is 5.97. The van der Waals surface area contributed by atoms with E-state index in [9.17, 15) is 14.4 Å². The molecular formula is C15H18N2O4. The minimum Gasteiger partial charge on any atom is -0.481 e. The van der Waals surface area contributed by atoms with Crippen molar-refractivity contribution in [1.29, 1.82) is 0 Å². The third kappa shape index (κ3) is 3.59. The molecule has 0 saturated carbocycles. The maximum absolute atomic E-state index is 11.9. The van der Waals surface area contributed by atoms with Crippen molar-refractivity contribution in [3.8, 4) is 0 Å². The third-order valence-corrected chi connectivity index (χ3v) is 3.50. The number of anilines is 1. The van der Waals surface area contributed by atoms with E-state index in [0.717, 1.165) is 12.1 Å². The summed E-state index contributed by atoms with van der Waals surface area (Å²) in [5.74, 6) is -1.79. The van der Waals surface area contributed by atoms with E-state index in [4.69, 9.17) is 5.11 Å². The minimum absolute atomic E-state index is 0.0839. The van der Waals surface area contributed by atoms with Crippen LogP contribution in [0.2, 0.25) is 0 Å². The number of rotatable bonds is 5. The SMILES string of the molecule is CC(CNC(=O)c1ccc(N2CCCC2=O)cc1)C(=O)O. The van der Waals surface area contributed by atoms with Gasteiger partial charge in [-0.3, -0.25) is 14.4 Å². The van der Waals surface area contributed by atoms with Gasteiger partial charge in [-0.15, -0.1) is 0 Å². The normalized spacial score (nSPS) is 15.9. The molecule has 1 unspecified atom stereocenters. The molecule has 0 spiro atoms. The lowest BCUT2D eigenvalue weighted by molar-refractivity contribution is -0.140. The number of carbonyl (C=O) groups excluding carboxylic acids is 2. The fourth-order valence-electron chi connectivity index (χ4n) is 2.15. The van der Waals surface area contributed by atoms with Crippen LogP contribution < -0.4 is 10.2 Å². The summed E-state index contributed by atoms with van der Waals surface area (Å²) in [6.45, 7) is 2.33. The number of benzene rings is 1. The molecule has 112 valence electrons. The average Bonchev–Trinajstić information content (AvgIpc) is 2.90. The maximum atomic E-state index is 11.9. The zero-order valence-electron chi connectivity index (χ0n) is 11.8.